The van der Waals surface area contributed by atoms with Crippen molar-refractivity contribution in [2.24, 2.45) is 0 Å². The van der Waals surface area contributed by atoms with E-state index < -0.39 is 71.8 Å². The first-order chi connectivity index (χ1) is 21.9. The zero-order chi connectivity index (χ0) is 34.3. The van der Waals surface area contributed by atoms with E-state index in [-0.39, 0.29) is 24.1 Å². The summed E-state index contributed by atoms with van der Waals surface area (Å²) in [6, 6.07) is 6.04. The van der Waals surface area contributed by atoms with Crippen molar-refractivity contribution in [3.05, 3.63) is 69.3 Å². The van der Waals surface area contributed by atoms with Crippen LogP contribution in [0.4, 0.5) is 0 Å². The number of carboxylic acids is 1. The topological polar surface area (TPSA) is 328 Å². The van der Waals surface area contributed by atoms with Crippen LogP contribution in [0.3, 0.4) is 0 Å². The number of hydrogen-bond donors (Lipinski definition) is 8. The van der Waals surface area contributed by atoms with Crippen LogP contribution >= 0.6 is 23.5 Å². The first-order valence-electron chi connectivity index (χ1n) is 13.1. The van der Waals surface area contributed by atoms with Crippen LogP contribution in [0.2, 0.25) is 0 Å². The summed E-state index contributed by atoms with van der Waals surface area (Å²) in [4.78, 5) is 78.8. The first-order valence-corrected chi connectivity index (χ1v) is 17.6. The number of benzene rings is 1. The highest BCUT2D eigenvalue weighted by atomic mass is 31.3. The van der Waals surface area contributed by atoms with Crippen molar-refractivity contribution in [2.45, 2.75) is 37.3 Å². The molecule has 1 aliphatic rings. The predicted octanol–water partition coefficient (Wildman–Crippen LogP) is 0.136. The van der Waals surface area contributed by atoms with Gasteiger partial charge in [0.1, 0.15) is 18.0 Å². The number of para-hydroxylation sites is 1. The molecule has 1 aliphatic heterocycles. The number of carboxylic acid groups (broad SMARTS) is 1. The first kappa shape index (κ1) is 34.7. The van der Waals surface area contributed by atoms with Gasteiger partial charge in [0.2, 0.25) is 0 Å². The average molecular weight is 722 g/mol. The van der Waals surface area contributed by atoms with Crippen molar-refractivity contribution >= 4 is 40.3 Å². The monoisotopic (exact) mass is 722 g/mol. The van der Waals surface area contributed by atoms with Gasteiger partial charge in [-0.05, 0) is 11.6 Å². The van der Waals surface area contributed by atoms with Gasteiger partial charge in [0.05, 0.1) is 24.5 Å². The van der Waals surface area contributed by atoms with E-state index in [0.29, 0.717) is 5.56 Å². The van der Waals surface area contributed by atoms with Crippen molar-refractivity contribution in [3.63, 3.8) is 0 Å². The zero-order valence-corrected chi connectivity index (χ0v) is 26.1. The van der Waals surface area contributed by atoms with Gasteiger partial charge >= 0.3 is 35.1 Å². The van der Waals surface area contributed by atoms with Gasteiger partial charge in [-0.15, -0.1) is 5.10 Å². The molecule has 3 aromatic heterocycles. The number of H-pyrrole nitrogens is 2. The number of aromatic nitrogens is 6. The third-order valence-corrected chi connectivity index (χ3v) is 10.6. The Balaban J connectivity index is 1.31. The normalized spacial score (nSPS) is 21.8. The van der Waals surface area contributed by atoms with Gasteiger partial charge in [0, 0.05) is 36.1 Å². The third-order valence-electron chi connectivity index (χ3n) is 6.78. The summed E-state index contributed by atoms with van der Waals surface area (Å²) in [6.07, 6.45) is -0.694. The number of nitrogens with zero attached hydrogens (tertiary/aromatic N) is 4. The summed E-state index contributed by atoms with van der Waals surface area (Å²) in [7, 11) is -16.9. The van der Waals surface area contributed by atoms with Gasteiger partial charge in [0.25, 0.3) is 5.56 Å². The van der Waals surface area contributed by atoms with Gasteiger partial charge in [0.15, 0.2) is 6.04 Å². The van der Waals surface area contributed by atoms with Crippen molar-refractivity contribution in [2.75, 3.05) is 6.61 Å². The lowest BCUT2D eigenvalue weighted by Gasteiger charge is -2.19. The molecule has 5 rings (SSSR count). The summed E-state index contributed by atoms with van der Waals surface area (Å²) in [5.74, 6) is -1.24. The minimum Gasteiger partial charge on any atom is -0.480 e. The molecule has 6 atom stereocenters. The molecule has 22 nitrogen and oxygen atoms in total. The Morgan fingerprint density at radius 3 is 2.51 bits per heavy atom. The van der Waals surface area contributed by atoms with Gasteiger partial charge in [-0.2, -0.15) is 8.62 Å². The number of aliphatic hydroxyl groups is 1. The van der Waals surface area contributed by atoms with Crippen molar-refractivity contribution in [3.8, 4) is 11.3 Å². The number of fused-ring (bicyclic) bond motifs is 1. The number of rotatable bonds is 13. The summed E-state index contributed by atoms with van der Waals surface area (Å²) >= 11 is 0. The molecule has 0 aliphatic carbocycles. The minimum atomic E-state index is -5.78. The van der Waals surface area contributed by atoms with E-state index in [9.17, 15) is 48.1 Å². The maximum atomic E-state index is 12.7. The summed E-state index contributed by atoms with van der Waals surface area (Å²) < 4.78 is 53.4. The Kier molecular flexibility index (Phi) is 9.69. The molecule has 1 fully saturated rings. The zero-order valence-electron chi connectivity index (χ0n) is 23.4. The SMILES string of the molecule is O=C(O)C(Cc1c[nH]c2ccccc12)n1cc(-c2cn([C@H]3C[C@H](O)[C@@H](COP(=O)(O)OP(=O)(O)OP(=O)(O)O)O3)c(=O)[nH]c2=O)nn1. The molecule has 0 spiro atoms. The Labute approximate surface area is 260 Å². The minimum absolute atomic E-state index is 0.00757. The van der Waals surface area contributed by atoms with E-state index in [1.807, 2.05) is 18.2 Å². The van der Waals surface area contributed by atoms with Crippen LogP contribution in [0.15, 0.2) is 52.4 Å². The largest absolute Gasteiger partial charge is 0.490 e. The molecule has 47 heavy (non-hydrogen) atoms. The van der Waals surface area contributed by atoms with Gasteiger partial charge in [-0.25, -0.2) is 28.0 Å². The summed E-state index contributed by atoms with van der Waals surface area (Å²) in [5.41, 5.74) is -0.773. The van der Waals surface area contributed by atoms with Crippen LogP contribution < -0.4 is 11.2 Å². The van der Waals surface area contributed by atoms with Crippen molar-refractivity contribution in [1.82, 2.24) is 29.5 Å². The second kappa shape index (κ2) is 13.1. The number of hydrogen-bond acceptors (Lipinski definition) is 13. The molecule has 1 aromatic carbocycles. The number of phosphoric ester groups is 1. The molecule has 3 unspecified atom stereocenters. The predicted molar refractivity (Wildman–Crippen MR) is 153 cm³/mol. The smallest absolute Gasteiger partial charge is 0.480 e. The Morgan fingerprint density at radius 2 is 1.81 bits per heavy atom. The maximum Gasteiger partial charge on any atom is 0.490 e. The number of aromatic amines is 2. The van der Waals surface area contributed by atoms with Crippen LogP contribution in [-0.4, -0.2) is 84.1 Å². The molecule has 25 heteroatoms. The van der Waals surface area contributed by atoms with Gasteiger partial charge < -0.3 is 39.5 Å². The van der Waals surface area contributed by atoms with Crippen LogP contribution in [0.25, 0.3) is 22.2 Å². The fourth-order valence-electron chi connectivity index (χ4n) is 4.74. The van der Waals surface area contributed by atoms with Crippen molar-refractivity contribution < 1.29 is 66.2 Å². The molecule has 0 amide bonds. The number of nitrogens with one attached hydrogen (secondary N) is 2. The molecule has 4 heterocycles. The maximum absolute atomic E-state index is 12.7. The number of phosphoric acid groups is 3. The molecule has 8 N–H and O–H groups in total. The molecule has 0 bridgehead atoms. The van der Waals surface area contributed by atoms with Gasteiger partial charge in [-0.3, -0.25) is 18.9 Å². The van der Waals surface area contributed by atoms with E-state index >= 15 is 0 Å². The second-order valence-electron chi connectivity index (χ2n) is 10.0. The third kappa shape index (κ3) is 8.28. The fourth-order valence-corrected chi connectivity index (χ4v) is 7.77. The second-order valence-corrected chi connectivity index (χ2v) is 14.4. The van der Waals surface area contributed by atoms with E-state index in [1.54, 1.807) is 12.3 Å². The lowest BCUT2D eigenvalue weighted by Crippen LogP contribution is -2.33. The standard InChI is InChI=1S/C22H25N6O16P3/c29-17-6-19(42-18(17)10-41-46(37,38)44-47(39,40)43-45(34,35)36)27-8-13(20(30)24-22(27)33)15-9-28(26-25-15)16(21(31)32)5-11-7-23-14-4-2-1-3-12(11)14/h1-4,7-9,16-19,23,29H,5-6,10H2,(H,31,32)(H,37,38)(H,39,40)(H,24,30,33)(H2,34,35,36)/t16?,17-,18+,19+/m0/s1. The lowest BCUT2D eigenvalue weighted by atomic mass is 10.1. The van der Waals surface area contributed by atoms with E-state index in [2.05, 4.69) is 33.4 Å². The highest BCUT2D eigenvalue weighted by molar-refractivity contribution is 7.66. The van der Waals surface area contributed by atoms with Crippen LogP contribution in [-0.2, 0) is 42.8 Å². The molecular weight excluding hydrogens is 697 g/mol. The van der Waals surface area contributed by atoms with Crippen molar-refractivity contribution in [1.29, 1.82) is 0 Å². The average Bonchev–Trinajstić information content (AvgIpc) is 3.67. The number of ether oxygens (including phenoxy) is 1. The van der Waals surface area contributed by atoms with E-state index in [0.717, 1.165) is 26.3 Å². The Bertz CT molecular complexity index is 2070. The number of carbonyl (C=O) groups is 1. The van der Waals surface area contributed by atoms with Crippen LogP contribution in [0, 0.1) is 0 Å². The Morgan fingerprint density at radius 1 is 1.09 bits per heavy atom. The molecule has 254 valence electrons. The summed E-state index contributed by atoms with van der Waals surface area (Å²) in [5, 5.41) is 28.9. The molecule has 0 radical (unpaired) electrons. The highest BCUT2D eigenvalue weighted by Gasteiger charge is 2.43. The Hall–Kier alpha value is -3.62. The fraction of sp³-hybridized carbons (Fsp3) is 0.318. The molecule has 1 saturated heterocycles. The van der Waals surface area contributed by atoms with Gasteiger partial charge in [-0.1, -0.05) is 23.4 Å². The quantitative estimate of drug-likeness (QED) is 0.0850. The molecule has 4 aromatic rings. The summed E-state index contributed by atoms with van der Waals surface area (Å²) in [6.45, 7) is -0.992. The van der Waals surface area contributed by atoms with Crippen LogP contribution in [0.5, 0.6) is 0 Å². The lowest BCUT2D eigenvalue weighted by molar-refractivity contribution is -0.141. The number of aliphatic hydroxyl groups excluding tert-OH is 1. The van der Waals surface area contributed by atoms with E-state index in [1.165, 1.54) is 6.20 Å². The molecule has 0 saturated carbocycles. The molecular formula is C22H25N6O16P3. The number of aliphatic carboxylic acids is 1. The van der Waals surface area contributed by atoms with Crippen LogP contribution in [0.1, 0.15) is 24.3 Å². The highest BCUT2D eigenvalue weighted by Crippen LogP contribution is 2.66. The van der Waals surface area contributed by atoms with E-state index in [4.69, 9.17) is 14.5 Å².